The molecule has 0 spiro atoms. The zero-order chi connectivity index (χ0) is 17.7. The van der Waals surface area contributed by atoms with Crippen LogP contribution in [0.3, 0.4) is 0 Å². The van der Waals surface area contributed by atoms with Crippen molar-refractivity contribution in [1.29, 1.82) is 0 Å². The van der Waals surface area contributed by atoms with E-state index in [1.807, 2.05) is 38.1 Å². The van der Waals surface area contributed by atoms with E-state index in [0.29, 0.717) is 32.4 Å². The van der Waals surface area contributed by atoms with Gasteiger partial charge in [-0.2, -0.15) is 0 Å². The van der Waals surface area contributed by atoms with Gasteiger partial charge in [-0.15, -0.1) is 12.4 Å². The molecule has 0 aliphatic carbocycles. The molecule has 1 saturated heterocycles. The van der Waals surface area contributed by atoms with Crippen molar-refractivity contribution in [2.45, 2.75) is 45.2 Å². The van der Waals surface area contributed by atoms with E-state index >= 15 is 0 Å². The highest BCUT2D eigenvalue weighted by Gasteiger charge is 2.28. The van der Waals surface area contributed by atoms with Gasteiger partial charge < -0.3 is 10.6 Å². The molecule has 142 valence electrons. The summed E-state index contributed by atoms with van der Waals surface area (Å²) in [6.07, 6.45) is 1.84. The summed E-state index contributed by atoms with van der Waals surface area (Å²) in [6.45, 7) is 4.88. The molecule has 1 aliphatic rings. The summed E-state index contributed by atoms with van der Waals surface area (Å²) in [7, 11) is -3.21. The van der Waals surface area contributed by atoms with E-state index in [0.717, 1.165) is 11.1 Å². The predicted molar refractivity (Wildman–Crippen MR) is 102 cm³/mol. The number of nitrogens with two attached hydrogens (primary N) is 1. The number of rotatable bonds is 6. The number of sulfonamides is 1. The van der Waals surface area contributed by atoms with Crippen LogP contribution in [0.4, 0.5) is 0 Å². The molecule has 1 fully saturated rings. The van der Waals surface area contributed by atoms with Gasteiger partial charge in [-0.1, -0.05) is 36.8 Å². The van der Waals surface area contributed by atoms with E-state index < -0.39 is 16.1 Å². The lowest BCUT2D eigenvalue weighted by atomic mass is 10.0. The lowest BCUT2D eigenvalue weighted by molar-refractivity contribution is -0.133. The van der Waals surface area contributed by atoms with Crippen LogP contribution in [0.5, 0.6) is 0 Å². The van der Waals surface area contributed by atoms with Crippen molar-refractivity contribution < 1.29 is 13.2 Å². The molecule has 1 aliphatic heterocycles. The van der Waals surface area contributed by atoms with Crippen LogP contribution in [0, 0.1) is 6.92 Å². The molecule has 1 heterocycles. The Morgan fingerprint density at radius 1 is 1.28 bits per heavy atom. The van der Waals surface area contributed by atoms with Crippen molar-refractivity contribution in [3.8, 4) is 0 Å². The van der Waals surface area contributed by atoms with Gasteiger partial charge in [0, 0.05) is 19.1 Å². The van der Waals surface area contributed by atoms with Gasteiger partial charge in [0.2, 0.25) is 15.9 Å². The van der Waals surface area contributed by atoms with Crippen LogP contribution in [0.2, 0.25) is 0 Å². The second-order valence-corrected chi connectivity index (χ2v) is 8.30. The Kier molecular flexibility index (Phi) is 8.34. The number of halogens is 1. The van der Waals surface area contributed by atoms with Crippen LogP contribution < -0.4 is 10.5 Å². The smallest absolute Gasteiger partial charge is 0.244 e. The number of nitrogens with zero attached hydrogens (tertiary/aromatic N) is 1. The number of benzene rings is 1. The van der Waals surface area contributed by atoms with Gasteiger partial charge in [-0.3, -0.25) is 4.79 Å². The van der Waals surface area contributed by atoms with Gasteiger partial charge in [0.25, 0.3) is 0 Å². The fourth-order valence-electron chi connectivity index (χ4n) is 2.91. The van der Waals surface area contributed by atoms with Crippen molar-refractivity contribution in [3.63, 3.8) is 0 Å². The molecular formula is C17H28ClN3O3S. The second-order valence-electron chi connectivity index (χ2n) is 6.42. The average molecular weight is 390 g/mol. The summed E-state index contributed by atoms with van der Waals surface area (Å²) in [6, 6.07) is 6.88. The molecule has 1 amide bonds. The maximum absolute atomic E-state index is 12.5. The SMILES string of the molecule is CCCS(=O)(=O)NC1CCN(C(=O)C(N)c2ccc(C)cc2)CC1.Cl. The first kappa shape index (κ1) is 21.9. The van der Waals surface area contributed by atoms with Crippen LogP contribution >= 0.6 is 12.4 Å². The summed E-state index contributed by atoms with van der Waals surface area (Å²) in [4.78, 5) is 14.3. The molecule has 3 N–H and O–H groups in total. The number of likely N-dealkylation sites (tertiary alicyclic amines) is 1. The molecule has 1 aromatic carbocycles. The number of nitrogens with one attached hydrogen (secondary N) is 1. The lowest BCUT2D eigenvalue weighted by Gasteiger charge is -2.33. The molecule has 8 heteroatoms. The Bertz CT molecular complexity index is 656. The molecule has 0 radical (unpaired) electrons. The fraction of sp³-hybridized carbons (Fsp3) is 0.588. The van der Waals surface area contributed by atoms with Crippen molar-refractivity contribution in [3.05, 3.63) is 35.4 Å². The molecule has 0 aromatic heterocycles. The summed E-state index contributed by atoms with van der Waals surface area (Å²) in [5.74, 6) is 0.0403. The van der Waals surface area contributed by atoms with E-state index in [2.05, 4.69) is 4.72 Å². The third-order valence-corrected chi connectivity index (χ3v) is 5.97. The molecular weight excluding hydrogens is 362 g/mol. The van der Waals surface area contributed by atoms with Crippen molar-refractivity contribution in [2.24, 2.45) is 5.73 Å². The van der Waals surface area contributed by atoms with E-state index in [1.165, 1.54) is 0 Å². The standard InChI is InChI=1S/C17H27N3O3S.ClH/c1-3-12-24(22,23)19-15-8-10-20(11-9-15)17(21)16(18)14-6-4-13(2)5-7-14;/h4-7,15-16,19H,3,8-12,18H2,1-2H3;1H. The highest BCUT2D eigenvalue weighted by molar-refractivity contribution is 7.89. The number of piperidine rings is 1. The maximum atomic E-state index is 12.5. The first-order valence-electron chi connectivity index (χ1n) is 8.43. The van der Waals surface area contributed by atoms with Crippen molar-refractivity contribution in [1.82, 2.24) is 9.62 Å². The Morgan fingerprint density at radius 2 is 1.84 bits per heavy atom. The van der Waals surface area contributed by atoms with E-state index in [9.17, 15) is 13.2 Å². The molecule has 2 rings (SSSR count). The van der Waals surface area contributed by atoms with Gasteiger partial charge in [0.1, 0.15) is 6.04 Å². The monoisotopic (exact) mass is 389 g/mol. The van der Waals surface area contributed by atoms with Gasteiger partial charge in [-0.05, 0) is 31.7 Å². The number of hydrogen-bond acceptors (Lipinski definition) is 4. The highest BCUT2D eigenvalue weighted by atomic mass is 35.5. The summed E-state index contributed by atoms with van der Waals surface area (Å²) in [5.41, 5.74) is 8.02. The Balaban J connectivity index is 0.00000312. The van der Waals surface area contributed by atoms with E-state index in [1.54, 1.807) is 4.90 Å². The molecule has 25 heavy (non-hydrogen) atoms. The predicted octanol–water partition coefficient (Wildman–Crippen LogP) is 1.74. The Hall–Kier alpha value is -1.15. The van der Waals surface area contributed by atoms with Crippen LogP contribution in [0.25, 0.3) is 0 Å². The van der Waals surface area contributed by atoms with Gasteiger partial charge >= 0.3 is 0 Å². The van der Waals surface area contributed by atoms with E-state index in [-0.39, 0.29) is 30.1 Å². The average Bonchev–Trinajstić information content (AvgIpc) is 2.54. The summed E-state index contributed by atoms with van der Waals surface area (Å²) < 4.78 is 26.4. The van der Waals surface area contributed by atoms with Gasteiger partial charge in [-0.25, -0.2) is 13.1 Å². The van der Waals surface area contributed by atoms with Crippen molar-refractivity contribution >= 4 is 28.3 Å². The molecule has 6 nitrogen and oxygen atoms in total. The van der Waals surface area contributed by atoms with Crippen molar-refractivity contribution in [2.75, 3.05) is 18.8 Å². The topological polar surface area (TPSA) is 92.5 Å². The minimum absolute atomic E-state index is 0. The number of carbonyl (C=O) groups is 1. The molecule has 0 saturated carbocycles. The van der Waals surface area contributed by atoms with Crippen LogP contribution in [0.1, 0.15) is 43.4 Å². The third-order valence-electron chi connectivity index (χ3n) is 4.33. The number of hydrogen-bond donors (Lipinski definition) is 2. The minimum atomic E-state index is -3.21. The Labute approximate surface area is 156 Å². The zero-order valence-corrected chi connectivity index (χ0v) is 16.4. The third kappa shape index (κ3) is 6.26. The second kappa shape index (κ2) is 9.52. The zero-order valence-electron chi connectivity index (χ0n) is 14.8. The first-order valence-corrected chi connectivity index (χ1v) is 10.1. The molecule has 0 bridgehead atoms. The fourth-order valence-corrected chi connectivity index (χ4v) is 4.31. The quantitative estimate of drug-likeness (QED) is 0.774. The van der Waals surface area contributed by atoms with Crippen LogP contribution in [-0.4, -0.2) is 44.1 Å². The maximum Gasteiger partial charge on any atom is 0.244 e. The molecule has 1 atom stereocenters. The van der Waals surface area contributed by atoms with E-state index in [4.69, 9.17) is 5.73 Å². The minimum Gasteiger partial charge on any atom is -0.341 e. The van der Waals surface area contributed by atoms with Gasteiger partial charge in [0.15, 0.2) is 0 Å². The number of amides is 1. The van der Waals surface area contributed by atoms with Crippen LogP contribution in [0.15, 0.2) is 24.3 Å². The summed E-state index contributed by atoms with van der Waals surface area (Å²) >= 11 is 0. The normalized spacial score (nSPS) is 17.0. The van der Waals surface area contributed by atoms with Gasteiger partial charge in [0.05, 0.1) is 5.75 Å². The lowest BCUT2D eigenvalue weighted by Crippen LogP contribution is -2.49. The molecule has 1 unspecified atom stereocenters. The summed E-state index contributed by atoms with van der Waals surface area (Å²) in [5, 5.41) is 0. The highest BCUT2D eigenvalue weighted by Crippen LogP contribution is 2.18. The van der Waals surface area contributed by atoms with Crippen LogP contribution in [-0.2, 0) is 14.8 Å². The number of carbonyl (C=O) groups excluding carboxylic acids is 1. The number of aryl methyl sites for hydroxylation is 1. The first-order chi connectivity index (χ1) is 11.3. The largest absolute Gasteiger partial charge is 0.341 e. The Morgan fingerprint density at radius 3 is 2.36 bits per heavy atom. The molecule has 1 aromatic rings.